The molecule has 0 aromatic heterocycles. The predicted octanol–water partition coefficient (Wildman–Crippen LogP) is 4.68. The first-order valence-electron chi connectivity index (χ1n) is 6.44. The highest BCUT2D eigenvalue weighted by Crippen LogP contribution is 2.28. The Bertz CT molecular complexity index is 812. The molecule has 5 nitrogen and oxygen atoms in total. The molecule has 0 fully saturated rings. The lowest BCUT2D eigenvalue weighted by Crippen LogP contribution is -2.21. The summed E-state index contributed by atoms with van der Waals surface area (Å²) in [6, 6.07) is 7.26. The molecule has 0 aliphatic carbocycles. The molecule has 0 spiro atoms. The summed E-state index contributed by atoms with van der Waals surface area (Å²) < 4.78 is 4.90. The Kier molecular flexibility index (Phi) is 6.18. The predicted molar refractivity (Wildman–Crippen MR) is 96.2 cm³/mol. The van der Waals surface area contributed by atoms with Crippen molar-refractivity contribution in [3.05, 3.63) is 56.0 Å². The topological polar surface area (TPSA) is 81.4 Å². The minimum atomic E-state index is -0.818. The summed E-state index contributed by atoms with van der Waals surface area (Å²) in [5, 5.41) is 3.50. The van der Waals surface area contributed by atoms with Crippen molar-refractivity contribution < 1.29 is 14.3 Å². The van der Waals surface area contributed by atoms with E-state index in [1.54, 1.807) is 6.07 Å². The summed E-state index contributed by atoms with van der Waals surface area (Å²) >= 11 is 23.3. The molecule has 2 rings (SSSR count). The minimum Gasteiger partial charge on any atom is -0.452 e. The number of carbonyl (C=O) groups is 2. The van der Waals surface area contributed by atoms with Gasteiger partial charge in [0.25, 0.3) is 5.91 Å². The van der Waals surface area contributed by atoms with Crippen molar-refractivity contribution in [2.75, 3.05) is 17.7 Å². The van der Waals surface area contributed by atoms with Crippen LogP contribution in [-0.2, 0) is 9.53 Å². The van der Waals surface area contributed by atoms with E-state index in [-0.39, 0.29) is 26.3 Å². The van der Waals surface area contributed by atoms with Crippen molar-refractivity contribution in [3.63, 3.8) is 0 Å². The van der Waals surface area contributed by atoms with E-state index in [0.29, 0.717) is 10.7 Å². The lowest BCUT2D eigenvalue weighted by molar-refractivity contribution is -0.119. The van der Waals surface area contributed by atoms with Crippen molar-refractivity contribution >= 4 is 69.7 Å². The fourth-order valence-electron chi connectivity index (χ4n) is 1.73. The van der Waals surface area contributed by atoms with Crippen molar-refractivity contribution in [1.82, 2.24) is 0 Å². The molecule has 0 radical (unpaired) electrons. The van der Waals surface area contributed by atoms with Gasteiger partial charge in [-0.2, -0.15) is 0 Å². The quantitative estimate of drug-likeness (QED) is 0.569. The Balaban J connectivity index is 1.98. The summed E-state index contributed by atoms with van der Waals surface area (Å²) in [5.41, 5.74) is 6.11. The highest BCUT2D eigenvalue weighted by molar-refractivity contribution is 6.42. The first-order valence-corrected chi connectivity index (χ1v) is 7.95. The van der Waals surface area contributed by atoms with Gasteiger partial charge in [-0.3, -0.25) is 4.79 Å². The molecule has 0 aliphatic rings. The number of esters is 1. The Labute approximate surface area is 157 Å². The first kappa shape index (κ1) is 18.7. The SMILES string of the molecule is Nc1c(Cl)cc(Cl)cc1C(=O)OCC(=O)Nc1ccc(Cl)c(Cl)c1. The Morgan fingerprint density at radius 3 is 2.38 bits per heavy atom. The maximum atomic E-state index is 12.0. The highest BCUT2D eigenvalue weighted by atomic mass is 35.5. The lowest BCUT2D eigenvalue weighted by atomic mass is 10.2. The Morgan fingerprint density at radius 1 is 1.00 bits per heavy atom. The Morgan fingerprint density at radius 2 is 1.71 bits per heavy atom. The summed E-state index contributed by atoms with van der Waals surface area (Å²) in [4.78, 5) is 23.8. The largest absolute Gasteiger partial charge is 0.452 e. The number of hydrogen-bond acceptors (Lipinski definition) is 4. The van der Waals surface area contributed by atoms with Gasteiger partial charge in [-0.1, -0.05) is 46.4 Å². The molecular weight excluding hydrogens is 398 g/mol. The highest BCUT2D eigenvalue weighted by Gasteiger charge is 2.16. The van der Waals surface area contributed by atoms with Crippen LogP contribution in [0.1, 0.15) is 10.4 Å². The van der Waals surface area contributed by atoms with E-state index >= 15 is 0 Å². The molecule has 24 heavy (non-hydrogen) atoms. The van der Waals surface area contributed by atoms with Gasteiger partial charge >= 0.3 is 5.97 Å². The number of ether oxygens (including phenoxy) is 1. The third-order valence-electron chi connectivity index (χ3n) is 2.85. The van der Waals surface area contributed by atoms with Crippen LogP contribution < -0.4 is 11.1 Å². The molecular formula is C15H10Cl4N2O3. The number of nitrogens with one attached hydrogen (secondary N) is 1. The number of benzene rings is 2. The van der Waals surface area contributed by atoms with Crippen LogP contribution in [0.2, 0.25) is 20.1 Å². The van der Waals surface area contributed by atoms with Crippen LogP contribution in [-0.4, -0.2) is 18.5 Å². The maximum Gasteiger partial charge on any atom is 0.340 e. The van der Waals surface area contributed by atoms with Crippen molar-refractivity contribution in [2.24, 2.45) is 0 Å². The van der Waals surface area contributed by atoms with E-state index in [2.05, 4.69) is 5.32 Å². The molecule has 2 aromatic rings. The van der Waals surface area contributed by atoms with Crippen LogP contribution in [0.15, 0.2) is 30.3 Å². The average molecular weight is 408 g/mol. The molecule has 1 amide bonds. The summed E-state index contributed by atoms with van der Waals surface area (Å²) in [7, 11) is 0. The molecule has 126 valence electrons. The van der Waals surface area contributed by atoms with Gasteiger partial charge in [0.2, 0.25) is 0 Å². The monoisotopic (exact) mass is 406 g/mol. The number of hydrogen-bond donors (Lipinski definition) is 2. The summed E-state index contributed by atoms with van der Waals surface area (Å²) in [6.45, 7) is -0.525. The second-order valence-electron chi connectivity index (χ2n) is 4.60. The molecule has 0 heterocycles. The molecule has 9 heteroatoms. The average Bonchev–Trinajstić information content (AvgIpc) is 2.52. The number of rotatable bonds is 4. The number of carbonyl (C=O) groups excluding carboxylic acids is 2. The molecule has 0 unspecified atom stereocenters. The molecule has 0 saturated carbocycles. The number of amides is 1. The molecule has 0 bridgehead atoms. The fourth-order valence-corrected chi connectivity index (χ4v) is 2.52. The van der Waals surface area contributed by atoms with Crippen LogP contribution >= 0.6 is 46.4 Å². The zero-order valence-corrected chi connectivity index (χ0v) is 14.9. The van der Waals surface area contributed by atoms with Gasteiger partial charge < -0.3 is 15.8 Å². The van der Waals surface area contributed by atoms with Crippen molar-refractivity contribution in [2.45, 2.75) is 0 Å². The van der Waals surface area contributed by atoms with Gasteiger partial charge in [0, 0.05) is 10.7 Å². The number of nitrogen functional groups attached to an aromatic ring is 1. The van der Waals surface area contributed by atoms with Crippen molar-refractivity contribution in [1.29, 1.82) is 0 Å². The molecule has 2 aromatic carbocycles. The van der Waals surface area contributed by atoms with E-state index in [9.17, 15) is 9.59 Å². The van der Waals surface area contributed by atoms with E-state index < -0.39 is 18.5 Å². The van der Waals surface area contributed by atoms with Gasteiger partial charge in [-0.15, -0.1) is 0 Å². The number of halogens is 4. The van der Waals surface area contributed by atoms with Crippen LogP contribution in [0, 0.1) is 0 Å². The fraction of sp³-hybridized carbons (Fsp3) is 0.0667. The summed E-state index contributed by atoms with van der Waals surface area (Å²) in [5.74, 6) is -1.38. The number of anilines is 2. The second-order valence-corrected chi connectivity index (χ2v) is 6.26. The van der Waals surface area contributed by atoms with Gasteiger partial charge in [-0.25, -0.2) is 4.79 Å². The number of nitrogens with two attached hydrogens (primary N) is 1. The smallest absolute Gasteiger partial charge is 0.340 e. The van der Waals surface area contributed by atoms with Crippen LogP contribution in [0.4, 0.5) is 11.4 Å². The van der Waals surface area contributed by atoms with E-state index in [4.69, 9.17) is 56.9 Å². The van der Waals surface area contributed by atoms with Crippen LogP contribution in [0.25, 0.3) is 0 Å². The molecule has 3 N–H and O–H groups in total. The lowest BCUT2D eigenvalue weighted by Gasteiger charge is -2.09. The standard InChI is InChI=1S/C15H10Cl4N2O3/c16-7-3-9(14(20)12(19)4-7)15(23)24-6-13(22)21-8-1-2-10(17)11(18)5-8/h1-5H,6,20H2,(H,21,22). The van der Waals surface area contributed by atoms with Crippen molar-refractivity contribution in [3.8, 4) is 0 Å². The third-order valence-corrected chi connectivity index (χ3v) is 4.12. The normalized spacial score (nSPS) is 10.3. The van der Waals surface area contributed by atoms with Crippen LogP contribution in [0.3, 0.4) is 0 Å². The van der Waals surface area contributed by atoms with Gasteiger partial charge in [0.05, 0.1) is 26.3 Å². The van der Waals surface area contributed by atoms with Gasteiger partial charge in [0.1, 0.15) is 0 Å². The second kappa shape index (κ2) is 7.94. The molecule has 0 saturated heterocycles. The maximum absolute atomic E-state index is 12.0. The summed E-state index contributed by atoms with van der Waals surface area (Å²) in [6.07, 6.45) is 0. The van der Waals surface area contributed by atoms with Crippen LogP contribution in [0.5, 0.6) is 0 Å². The molecule has 0 aliphatic heterocycles. The third kappa shape index (κ3) is 4.68. The Hall–Kier alpha value is -1.66. The van der Waals surface area contributed by atoms with E-state index in [0.717, 1.165) is 0 Å². The van der Waals surface area contributed by atoms with E-state index in [1.807, 2.05) is 0 Å². The van der Waals surface area contributed by atoms with Gasteiger partial charge in [0.15, 0.2) is 6.61 Å². The van der Waals surface area contributed by atoms with E-state index in [1.165, 1.54) is 24.3 Å². The minimum absolute atomic E-state index is 0.0187. The zero-order chi connectivity index (χ0) is 17.9. The van der Waals surface area contributed by atoms with Gasteiger partial charge in [-0.05, 0) is 30.3 Å². The molecule has 0 atom stereocenters. The first-order chi connectivity index (χ1) is 11.3. The zero-order valence-electron chi connectivity index (χ0n) is 11.9.